The molecule has 0 saturated carbocycles. The largest absolute Gasteiger partial charge is 0.396 e. The third kappa shape index (κ3) is 2.71. The second-order valence-corrected chi connectivity index (χ2v) is 4.59. The summed E-state index contributed by atoms with van der Waals surface area (Å²) in [5, 5.41) is 0.734. The van der Waals surface area contributed by atoms with Crippen LogP contribution in [0.5, 0.6) is 0 Å². The molecule has 0 radical (unpaired) electrons. The van der Waals surface area contributed by atoms with Crippen LogP contribution in [0.15, 0.2) is 36.7 Å². The average molecular weight is 263 g/mol. The standard InChI is InChI=1S/C13H15ClN4/c1-9(10-3-5-11(14)6-4-10)18(2)13-16-7-12(15)8-17-13/h3-9H,15H2,1-2H3. The Hall–Kier alpha value is -1.81. The van der Waals surface area contributed by atoms with E-state index in [9.17, 15) is 0 Å². The molecule has 5 heteroatoms. The van der Waals surface area contributed by atoms with E-state index in [1.54, 1.807) is 12.4 Å². The summed E-state index contributed by atoms with van der Waals surface area (Å²) in [4.78, 5) is 10.4. The monoisotopic (exact) mass is 262 g/mol. The Morgan fingerprint density at radius 2 is 1.72 bits per heavy atom. The van der Waals surface area contributed by atoms with Gasteiger partial charge in [-0.15, -0.1) is 0 Å². The van der Waals surface area contributed by atoms with Gasteiger partial charge in [0.25, 0.3) is 0 Å². The zero-order chi connectivity index (χ0) is 13.1. The van der Waals surface area contributed by atoms with Crippen molar-refractivity contribution in [1.29, 1.82) is 0 Å². The van der Waals surface area contributed by atoms with Gasteiger partial charge in [-0.1, -0.05) is 23.7 Å². The molecule has 1 unspecified atom stereocenters. The lowest BCUT2D eigenvalue weighted by atomic mass is 10.1. The highest BCUT2D eigenvalue weighted by Gasteiger charge is 2.14. The van der Waals surface area contributed by atoms with Crippen molar-refractivity contribution in [1.82, 2.24) is 9.97 Å². The Bertz CT molecular complexity index is 460. The van der Waals surface area contributed by atoms with Crippen molar-refractivity contribution >= 4 is 23.2 Å². The number of rotatable bonds is 3. The van der Waals surface area contributed by atoms with E-state index in [0.717, 1.165) is 10.6 Å². The van der Waals surface area contributed by atoms with Gasteiger partial charge in [-0.2, -0.15) is 0 Å². The summed E-state index contributed by atoms with van der Waals surface area (Å²) in [6.07, 6.45) is 3.21. The lowest BCUT2D eigenvalue weighted by Crippen LogP contribution is -2.23. The van der Waals surface area contributed by atoms with Crippen molar-refractivity contribution in [3.05, 3.63) is 47.2 Å². The van der Waals surface area contributed by atoms with Crippen LogP contribution in [0.1, 0.15) is 18.5 Å². The van der Waals surface area contributed by atoms with Crippen LogP contribution < -0.4 is 10.6 Å². The van der Waals surface area contributed by atoms with Crippen LogP contribution >= 0.6 is 11.6 Å². The van der Waals surface area contributed by atoms with Gasteiger partial charge < -0.3 is 10.6 Å². The first kappa shape index (κ1) is 12.6. The van der Waals surface area contributed by atoms with Gasteiger partial charge >= 0.3 is 0 Å². The molecule has 1 heterocycles. The maximum absolute atomic E-state index is 5.88. The summed E-state index contributed by atoms with van der Waals surface area (Å²) in [5.74, 6) is 0.645. The zero-order valence-electron chi connectivity index (χ0n) is 10.3. The van der Waals surface area contributed by atoms with Gasteiger partial charge in [0.05, 0.1) is 24.1 Å². The fourth-order valence-electron chi connectivity index (χ4n) is 1.65. The Morgan fingerprint density at radius 3 is 2.28 bits per heavy atom. The number of nitrogens with zero attached hydrogens (tertiary/aromatic N) is 3. The lowest BCUT2D eigenvalue weighted by molar-refractivity contribution is 0.715. The van der Waals surface area contributed by atoms with Crippen molar-refractivity contribution in [2.24, 2.45) is 0 Å². The molecule has 0 fully saturated rings. The molecule has 94 valence electrons. The SMILES string of the molecule is CC(c1ccc(Cl)cc1)N(C)c1ncc(N)cn1. The predicted molar refractivity (Wildman–Crippen MR) is 74.7 cm³/mol. The normalized spacial score (nSPS) is 12.2. The number of nitrogens with two attached hydrogens (primary N) is 1. The van der Waals surface area contributed by atoms with Gasteiger partial charge in [0.1, 0.15) is 0 Å². The van der Waals surface area contributed by atoms with E-state index in [4.69, 9.17) is 17.3 Å². The first-order chi connectivity index (χ1) is 8.58. The third-order valence-electron chi connectivity index (χ3n) is 2.91. The van der Waals surface area contributed by atoms with Crippen molar-refractivity contribution in [2.75, 3.05) is 17.7 Å². The smallest absolute Gasteiger partial charge is 0.225 e. The summed E-state index contributed by atoms with van der Waals surface area (Å²) in [6, 6.07) is 7.92. The summed E-state index contributed by atoms with van der Waals surface area (Å²) in [7, 11) is 1.95. The van der Waals surface area contributed by atoms with Gasteiger partial charge in [0.15, 0.2) is 0 Å². The first-order valence-corrected chi connectivity index (χ1v) is 6.01. The van der Waals surface area contributed by atoms with E-state index in [0.29, 0.717) is 11.6 Å². The molecule has 0 bridgehead atoms. The molecule has 0 saturated heterocycles. The number of benzene rings is 1. The molecule has 2 aromatic rings. The van der Waals surface area contributed by atoms with Crippen molar-refractivity contribution in [2.45, 2.75) is 13.0 Å². The average Bonchev–Trinajstić information content (AvgIpc) is 2.39. The highest BCUT2D eigenvalue weighted by atomic mass is 35.5. The number of nitrogen functional groups attached to an aromatic ring is 1. The lowest BCUT2D eigenvalue weighted by Gasteiger charge is -2.25. The van der Waals surface area contributed by atoms with Crippen LogP contribution in [-0.2, 0) is 0 Å². The summed E-state index contributed by atoms with van der Waals surface area (Å²) in [6.45, 7) is 2.09. The van der Waals surface area contributed by atoms with Gasteiger partial charge in [-0.05, 0) is 24.6 Å². The van der Waals surface area contributed by atoms with Gasteiger partial charge in [0, 0.05) is 12.1 Å². The van der Waals surface area contributed by atoms with E-state index in [1.807, 2.05) is 36.2 Å². The zero-order valence-corrected chi connectivity index (χ0v) is 11.1. The quantitative estimate of drug-likeness (QED) is 0.924. The van der Waals surface area contributed by atoms with E-state index >= 15 is 0 Å². The molecule has 0 aliphatic heterocycles. The second kappa shape index (κ2) is 5.23. The minimum absolute atomic E-state index is 0.158. The molecule has 2 N–H and O–H groups in total. The van der Waals surface area contributed by atoms with Crippen LogP contribution in [0.4, 0.5) is 11.6 Å². The van der Waals surface area contributed by atoms with Crippen LogP contribution in [0.3, 0.4) is 0 Å². The minimum atomic E-state index is 0.158. The fourth-order valence-corrected chi connectivity index (χ4v) is 1.78. The molecule has 1 aromatic carbocycles. The van der Waals surface area contributed by atoms with Crippen LogP contribution in [0.2, 0.25) is 5.02 Å². The van der Waals surface area contributed by atoms with E-state index in [-0.39, 0.29) is 6.04 Å². The van der Waals surface area contributed by atoms with Gasteiger partial charge in [0.2, 0.25) is 5.95 Å². The third-order valence-corrected chi connectivity index (χ3v) is 3.16. The molecule has 0 amide bonds. The van der Waals surface area contributed by atoms with Crippen molar-refractivity contribution in [3.63, 3.8) is 0 Å². The Balaban J connectivity index is 2.20. The van der Waals surface area contributed by atoms with Crippen molar-refractivity contribution < 1.29 is 0 Å². The maximum atomic E-state index is 5.88. The van der Waals surface area contributed by atoms with Crippen LogP contribution in [0, 0.1) is 0 Å². The predicted octanol–water partition coefficient (Wildman–Crippen LogP) is 2.91. The first-order valence-electron chi connectivity index (χ1n) is 5.64. The molecule has 2 rings (SSSR count). The van der Waals surface area contributed by atoms with E-state index < -0.39 is 0 Å². The van der Waals surface area contributed by atoms with E-state index in [1.165, 1.54) is 0 Å². The number of anilines is 2. The number of hydrogen-bond donors (Lipinski definition) is 1. The Kier molecular flexibility index (Phi) is 3.67. The number of hydrogen-bond acceptors (Lipinski definition) is 4. The number of halogens is 1. The molecular weight excluding hydrogens is 248 g/mol. The molecule has 4 nitrogen and oxygen atoms in total. The Morgan fingerprint density at radius 1 is 1.17 bits per heavy atom. The maximum Gasteiger partial charge on any atom is 0.225 e. The molecule has 1 atom stereocenters. The summed E-state index contributed by atoms with van der Waals surface area (Å²) in [5.41, 5.74) is 7.29. The van der Waals surface area contributed by atoms with Crippen molar-refractivity contribution in [3.8, 4) is 0 Å². The fraction of sp³-hybridized carbons (Fsp3) is 0.231. The molecule has 0 aliphatic carbocycles. The molecule has 1 aromatic heterocycles. The Labute approximate surface area is 111 Å². The van der Waals surface area contributed by atoms with E-state index in [2.05, 4.69) is 16.9 Å². The van der Waals surface area contributed by atoms with Gasteiger partial charge in [-0.25, -0.2) is 9.97 Å². The summed E-state index contributed by atoms with van der Waals surface area (Å²) < 4.78 is 0. The molecule has 0 spiro atoms. The number of aromatic nitrogens is 2. The summed E-state index contributed by atoms with van der Waals surface area (Å²) >= 11 is 5.88. The van der Waals surface area contributed by atoms with Gasteiger partial charge in [-0.3, -0.25) is 0 Å². The highest BCUT2D eigenvalue weighted by Crippen LogP contribution is 2.23. The molecule has 18 heavy (non-hydrogen) atoms. The molecule has 0 aliphatic rings. The highest BCUT2D eigenvalue weighted by molar-refractivity contribution is 6.30. The molecular formula is C13H15ClN4. The van der Waals surface area contributed by atoms with Crippen LogP contribution in [-0.4, -0.2) is 17.0 Å². The second-order valence-electron chi connectivity index (χ2n) is 4.15. The minimum Gasteiger partial charge on any atom is -0.396 e. The topological polar surface area (TPSA) is 55.0 Å². The van der Waals surface area contributed by atoms with Crippen LogP contribution in [0.25, 0.3) is 0 Å².